The quantitative estimate of drug-likeness (QED) is 0.816. The minimum Gasteiger partial charge on any atom is -0.211 e. The molecule has 1 N–H and O–H groups in total. The number of hydrogen-bond acceptors (Lipinski definition) is 4. The van der Waals surface area contributed by atoms with Gasteiger partial charge in [-0.1, -0.05) is 24.2 Å². The molecule has 128 valence electrons. The van der Waals surface area contributed by atoms with Crippen molar-refractivity contribution in [3.8, 4) is 0 Å². The van der Waals surface area contributed by atoms with Crippen LogP contribution in [0.15, 0.2) is 35.1 Å². The van der Waals surface area contributed by atoms with E-state index in [1.165, 1.54) is 16.4 Å². The van der Waals surface area contributed by atoms with E-state index in [2.05, 4.69) is 11.3 Å². The molecule has 2 rings (SSSR count). The Morgan fingerprint density at radius 3 is 2.70 bits per heavy atom. The summed E-state index contributed by atoms with van der Waals surface area (Å²) in [6.45, 7) is 5.84. The molecule has 0 bridgehead atoms. The molecule has 0 saturated carbocycles. The van der Waals surface area contributed by atoms with Crippen LogP contribution in [0.5, 0.6) is 0 Å². The summed E-state index contributed by atoms with van der Waals surface area (Å²) in [6.07, 6.45) is 0.596. The van der Waals surface area contributed by atoms with Crippen molar-refractivity contribution < 1.29 is 16.8 Å². The standard InChI is InChI=1S/C14H19ClN2O4S2/c1-3-22(18,19)16-9-12-6-7-17(10-12)23(20,21)13-5-4-11(2)14(15)8-13/h3-5,8,12,16H,1,6-7,9-10H2,2H3. The molecule has 1 atom stereocenters. The highest BCUT2D eigenvalue weighted by Crippen LogP contribution is 2.27. The zero-order chi connectivity index (χ0) is 17.3. The van der Waals surface area contributed by atoms with Crippen LogP contribution < -0.4 is 4.72 Å². The Balaban J connectivity index is 2.08. The number of aryl methyl sites for hydroxylation is 1. The van der Waals surface area contributed by atoms with Gasteiger partial charge in [0.2, 0.25) is 20.0 Å². The van der Waals surface area contributed by atoms with E-state index in [0.717, 1.165) is 11.0 Å². The summed E-state index contributed by atoms with van der Waals surface area (Å²) in [7, 11) is -7.11. The molecule has 1 aromatic rings. The summed E-state index contributed by atoms with van der Waals surface area (Å²) in [5, 5.41) is 1.24. The van der Waals surface area contributed by atoms with Crippen LogP contribution in [0.25, 0.3) is 0 Å². The lowest BCUT2D eigenvalue weighted by molar-refractivity contribution is 0.455. The third kappa shape index (κ3) is 4.33. The number of benzene rings is 1. The maximum Gasteiger partial charge on any atom is 0.243 e. The van der Waals surface area contributed by atoms with Gasteiger partial charge in [-0.2, -0.15) is 4.31 Å². The molecule has 1 fully saturated rings. The molecule has 1 aliphatic heterocycles. The van der Waals surface area contributed by atoms with Gasteiger partial charge in [0.15, 0.2) is 0 Å². The predicted octanol–water partition coefficient (Wildman–Crippen LogP) is 1.72. The predicted molar refractivity (Wildman–Crippen MR) is 90.2 cm³/mol. The monoisotopic (exact) mass is 378 g/mol. The van der Waals surface area contributed by atoms with Crippen molar-refractivity contribution in [3.05, 3.63) is 40.8 Å². The number of hydrogen-bond donors (Lipinski definition) is 1. The van der Waals surface area contributed by atoms with E-state index in [0.29, 0.717) is 18.0 Å². The lowest BCUT2D eigenvalue weighted by Gasteiger charge is -2.17. The summed E-state index contributed by atoms with van der Waals surface area (Å²) in [5.74, 6) is -0.0691. The molecule has 0 aromatic heterocycles. The van der Waals surface area contributed by atoms with Crippen molar-refractivity contribution in [2.24, 2.45) is 5.92 Å². The van der Waals surface area contributed by atoms with E-state index in [4.69, 9.17) is 11.6 Å². The first-order chi connectivity index (χ1) is 10.7. The van der Waals surface area contributed by atoms with Crippen LogP contribution in [0.4, 0.5) is 0 Å². The van der Waals surface area contributed by atoms with Crippen molar-refractivity contribution >= 4 is 31.6 Å². The van der Waals surface area contributed by atoms with E-state index in [1.54, 1.807) is 13.0 Å². The molecule has 6 nitrogen and oxygen atoms in total. The molecule has 1 aliphatic rings. The van der Waals surface area contributed by atoms with Crippen LogP contribution >= 0.6 is 11.6 Å². The largest absolute Gasteiger partial charge is 0.243 e. The number of rotatable bonds is 6. The summed E-state index contributed by atoms with van der Waals surface area (Å²) < 4.78 is 51.7. The molecule has 0 amide bonds. The van der Waals surface area contributed by atoms with E-state index in [1.807, 2.05) is 0 Å². The zero-order valence-electron chi connectivity index (χ0n) is 12.7. The third-order valence-corrected chi connectivity index (χ3v) is 7.10. The lowest BCUT2D eigenvalue weighted by Crippen LogP contribution is -2.32. The second kappa shape index (κ2) is 6.90. The molecule has 9 heteroatoms. The van der Waals surface area contributed by atoms with Crippen LogP contribution in [0.3, 0.4) is 0 Å². The molecule has 0 aliphatic carbocycles. The molecule has 1 saturated heterocycles. The fraction of sp³-hybridized carbons (Fsp3) is 0.429. The Kier molecular flexibility index (Phi) is 5.52. The smallest absolute Gasteiger partial charge is 0.211 e. The topological polar surface area (TPSA) is 83.6 Å². The maximum atomic E-state index is 12.6. The summed E-state index contributed by atoms with van der Waals surface area (Å²) in [4.78, 5) is 0.153. The van der Waals surface area contributed by atoms with Crippen molar-refractivity contribution in [2.45, 2.75) is 18.2 Å². The first-order valence-corrected chi connectivity index (χ1v) is 10.4. The Morgan fingerprint density at radius 2 is 2.09 bits per heavy atom. The molecular formula is C14H19ClN2O4S2. The highest BCUT2D eigenvalue weighted by molar-refractivity contribution is 7.92. The summed E-state index contributed by atoms with van der Waals surface area (Å²) >= 11 is 6.00. The average molecular weight is 379 g/mol. The minimum atomic E-state index is -3.62. The van der Waals surface area contributed by atoms with Gasteiger partial charge in [0.1, 0.15) is 0 Å². The Labute approximate surface area is 142 Å². The SMILES string of the molecule is C=CS(=O)(=O)NCC1CCN(S(=O)(=O)c2ccc(C)c(Cl)c2)C1. The van der Waals surface area contributed by atoms with Crippen LogP contribution in [-0.4, -0.2) is 40.8 Å². The van der Waals surface area contributed by atoms with Gasteiger partial charge in [-0.05, 0) is 37.0 Å². The van der Waals surface area contributed by atoms with Gasteiger partial charge in [-0.15, -0.1) is 0 Å². The molecule has 0 radical (unpaired) electrons. The van der Waals surface area contributed by atoms with Gasteiger partial charge in [-0.3, -0.25) is 0 Å². The van der Waals surface area contributed by atoms with E-state index < -0.39 is 20.0 Å². The van der Waals surface area contributed by atoms with E-state index in [-0.39, 0.29) is 23.9 Å². The van der Waals surface area contributed by atoms with Gasteiger partial charge < -0.3 is 0 Å². The van der Waals surface area contributed by atoms with Crippen LogP contribution in [0.2, 0.25) is 5.02 Å². The van der Waals surface area contributed by atoms with Crippen molar-refractivity contribution in [2.75, 3.05) is 19.6 Å². The fourth-order valence-corrected chi connectivity index (χ4v) is 4.75. The van der Waals surface area contributed by atoms with Gasteiger partial charge in [0.25, 0.3) is 0 Å². The van der Waals surface area contributed by atoms with Crippen molar-refractivity contribution in [3.63, 3.8) is 0 Å². The highest BCUT2D eigenvalue weighted by atomic mass is 35.5. The summed E-state index contributed by atoms with van der Waals surface area (Å²) in [6, 6.07) is 4.64. The van der Waals surface area contributed by atoms with Crippen LogP contribution in [0, 0.1) is 12.8 Å². The molecule has 0 spiro atoms. The number of sulfonamides is 2. The first kappa shape index (κ1) is 18.4. The minimum absolute atomic E-state index is 0.0691. The summed E-state index contributed by atoms with van der Waals surface area (Å²) in [5.41, 5.74) is 0.809. The van der Waals surface area contributed by atoms with E-state index >= 15 is 0 Å². The van der Waals surface area contributed by atoms with E-state index in [9.17, 15) is 16.8 Å². The number of nitrogens with zero attached hydrogens (tertiary/aromatic N) is 1. The van der Waals surface area contributed by atoms with Crippen LogP contribution in [0.1, 0.15) is 12.0 Å². The van der Waals surface area contributed by atoms with Gasteiger partial charge in [-0.25, -0.2) is 21.6 Å². The van der Waals surface area contributed by atoms with Crippen molar-refractivity contribution in [1.82, 2.24) is 9.03 Å². The molecule has 1 heterocycles. The number of halogens is 1. The van der Waals surface area contributed by atoms with Gasteiger partial charge >= 0.3 is 0 Å². The Bertz CT molecular complexity index is 806. The molecule has 1 aromatic carbocycles. The average Bonchev–Trinajstić information content (AvgIpc) is 2.98. The third-order valence-electron chi connectivity index (χ3n) is 3.82. The van der Waals surface area contributed by atoms with Crippen LogP contribution in [-0.2, 0) is 20.0 Å². The Morgan fingerprint density at radius 1 is 1.39 bits per heavy atom. The fourth-order valence-electron chi connectivity index (χ4n) is 2.36. The lowest BCUT2D eigenvalue weighted by atomic mass is 10.1. The Hall–Kier alpha value is -0.930. The van der Waals surface area contributed by atoms with Crippen molar-refractivity contribution in [1.29, 1.82) is 0 Å². The second-order valence-electron chi connectivity index (χ2n) is 5.49. The molecular weight excluding hydrogens is 360 g/mol. The molecule has 1 unspecified atom stereocenters. The van der Waals surface area contributed by atoms with Gasteiger partial charge in [0.05, 0.1) is 4.90 Å². The maximum absolute atomic E-state index is 12.6. The molecule has 23 heavy (non-hydrogen) atoms. The zero-order valence-corrected chi connectivity index (χ0v) is 15.1. The normalized spacial score (nSPS) is 19.8. The number of nitrogens with one attached hydrogen (secondary N) is 1. The first-order valence-electron chi connectivity index (χ1n) is 7.04. The van der Waals surface area contributed by atoms with Gasteiger partial charge in [0, 0.05) is 30.1 Å². The highest BCUT2D eigenvalue weighted by Gasteiger charge is 2.33. The second-order valence-corrected chi connectivity index (χ2v) is 9.55.